The SMILES string of the molecule is O=C(O)CCNC(=O)N1CCOC(c2ccccc2)C1. The number of rotatable bonds is 4. The number of urea groups is 1. The van der Waals surface area contributed by atoms with Gasteiger partial charge in [0.15, 0.2) is 0 Å². The first kappa shape index (κ1) is 14.3. The van der Waals surface area contributed by atoms with Crippen LogP contribution in [0.5, 0.6) is 0 Å². The minimum Gasteiger partial charge on any atom is -0.481 e. The third-order valence-corrected chi connectivity index (χ3v) is 3.14. The molecule has 1 fully saturated rings. The lowest BCUT2D eigenvalue weighted by Gasteiger charge is -2.33. The summed E-state index contributed by atoms with van der Waals surface area (Å²) in [5, 5.41) is 11.1. The highest BCUT2D eigenvalue weighted by molar-refractivity contribution is 5.75. The van der Waals surface area contributed by atoms with Crippen LogP contribution in [0, 0.1) is 0 Å². The molecule has 1 aromatic rings. The third kappa shape index (κ3) is 3.96. The summed E-state index contributed by atoms with van der Waals surface area (Å²) in [6.45, 7) is 1.61. The Hall–Kier alpha value is -2.08. The van der Waals surface area contributed by atoms with Crippen molar-refractivity contribution in [2.75, 3.05) is 26.2 Å². The van der Waals surface area contributed by atoms with Crippen molar-refractivity contribution < 1.29 is 19.4 Å². The summed E-state index contributed by atoms with van der Waals surface area (Å²) in [7, 11) is 0. The van der Waals surface area contributed by atoms with Crippen molar-refractivity contribution in [3.05, 3.63) is 35.9 Å². The van der Waals surface area contributed by atoms with Crippen molar-refractivity contribution in [3.63, 3.8) is 0 Å². The summed E-state index contributed by atoms with van der Waals surface area (Å²) in [6, 6.07) is 9.50. The Morgan fingerprint density at radius 1 is 1.35 bits per heavy atom. The number of carbonyl (C=O) groups excluding carboxylic acids is 1. The van der Waals surface area contributed by atoms with E-state index in [4.69, 9.17) is 9.84 Å². The molecule has 6 heteroatoms. The van der Waals surface area contributed by atoms with Gasteiger partial charge in [-0.3, -0.25) is 4.79 Å². The lowest BCUT2D eigenvalue weighted by Crippen LogP contribution is -2.47. The van der Waals surface area contributed by atoms with E-state index in [1.54, 1.807) is 4.90 Å². The average Bonchev–Trinajstić information content (AvgIpc) is 2.48. The quantitative estimate of drug-likeness (QED) is 0.868. The monoisotopic (exact) mass is 278 g/mol. The van der Waals surface area contributed by atoms with Crippen LogP contribution in [0.15, 0.2) is 30.3 Å². The molecule has 1 saturated heterocycles. The van der Waals surface area contributed by atoms with E-state index in [2.05, 4.69) is 5.32 Å². The number of morpholine rings is 1. The molecule has 20 heavy (non-hydrogen) atoms. The van der Waals surface area contributed by atoms with Crippen molar-refractivity contribution in [2.45, 2.75) is 12.5 Å². The zero-order valence-electron chi connectivity index (χ0n) is 11.1. The number of carboxylic acid groups (broad SMARTS) is 1. The van der Waals surface area contributed by atoms with Gasteiger partial charge in [0.05, 0.1) is 19.6 Å². The van der Waals surface area contributed by atoms with Gasteiger partial charge in [-0.15, -0.1) is 0 Å². The highest BCUT2D eigenvalue weighted by Crippen LogP contribution is 2.21. The van der Waals surface area contributed by atoms with Crippen molar-refractivity contribution in [1.82, 2.24) is 10.2 Å². The van der Waals surface area contributed by atoms with Gasteiger partial charge >= 0.3 is 12.0 Å². The number of nitrogens with zero attached hydrogens (tertiary/aromatic N) is 1. The van der Waals surface area contributed by atoms with Gasteiger partial charge in [0, 0.05) is 13.1 Å². The summed E-state index contributed by atoms with van der Waals surface area (Å²) in [5.74, 6) is -0.922. The Labute approximate surface area is 117 Å². The predicted octanol–water partition coefficient (Wildman–Crippen LogP) is 1.24. The number of carbonyl (C=O) groups is 2. The van der Waals surface area contributed by atoms with Gasteiger partial charge in [-0.1, -0.05) is 30.3 Å². The molecule has 1 aliphatic heterocycles. The van der Waals surface area contributed by atoms with Crippen LogP contribution in [-0.4, -0.2) is 48.2 Å². The molecule has 0 saturated carbocycles. The molecular formula is C14H18N2O4. The molecule has 2 N–H and O–H groups in total. The summed E-state index contributed by atoms with van der Waals surface area (Å²) in [6.07, 6.45) is -0.201. The van der Waals surface area contributed by atoms with Crippen LogP contribution in [-0.2, 0) is 9.53 Å². The smallest absolute Gasteiger partial charge is 0.317 e. The van der Waals surface area contributed by atoms with Crippen LogP contribution in [0.25, 0.3) is 0 Å². The zero-order valence-corrected chi connectivity index (χ0v) is 11.1. The van der Waals surface area contributed by atoms with Crippen LogP contribution in [0.3, 0.4) is 0 Å². The minimum absolute atomic E-state index is 0.0712. The van der Waals surface area contributed by atoms with Crippen LogP contribution in [0.1, 0.15) is 18.1 Å². The summed E-state index contributed by atoms with van der Waals surface area (Å²) in [5.41, 5.74) is 1.04. The van der Waals surface area contributed by atoms with E-state index in [0.29, 0.717) is 19.7 Å². The number of hydrogen-bond donors (Lipinski definition) is 2. The Balaban J connectivity index is 1.87. The fourth-order valence-electron chi connectivity index (χ4n) is 2.09. The molecule has 0 aliphatic carbocycles. The maximum Gasteiger partial charge on any atom is 0.317 e. The van der Waals surface area contributed by atoms with Gasteiger partial charge in [0.25, 0.3) is 0 Å². The lowest BCUT2D eigenvalue weighted by atomic mass is 10.1. The molecule has 1 atom stereocenters. The maximum atomic E-state index is 11.9. The number of hydrogen-bond acceptors (Lipinski definition) is 3. The van der Waals surface area contributed by atoms with Gasteiger partial charge in [0.1, 0.15) is 6.10 Å². The number of benzene rings is 1. The standard InChI is InChI=1S/C14H18N2O4/c17-13(18)6-7-15-14(19)16-8-9-20-12(10-16)11-4-2-1-3-5-11/h1-5,12H,6-10H2,(H,15,19)(H,17,18). The molecule has 1 aromatic carbocycles. The second-order valence-electron chi connectivity index (χ2n) is 4.59. The number of nitrogens with one attached hydrogen (secondary N) is 1. The first-order valence-corrected chi connectivity index (χ1v) is 6.58. The lowest BCUT2D eigenvalue weighted by molar-refractivity contribution is -0.136. The first-order valence-electron chi connectivity index (χ1n) is 6.58. The summed E-state index contributed by atoms with van der Waals surface area (Å²) in [4.78, 5) is 24.0. The molecule has 2 amide bonds. The van der Waals surface area contributed by atoms with Gasteiger partial charge in [-0.05, 0) is 5.56 Å². The van der Waals surface area contributed by atoms with E-state index in [0.717, 1.165) is 5.56 Å². The van der Waals surface area contributed by atoms with Crippen molar-refractivity contribution in [2.24, 2.45) is 0 Å². The van der Waals surface area contributed by atoms with Gasteiger partial charge in [-0.2, -0.15) is 0 Å². The maximum absolute atomic E-state index is 11.9. The summed E-state index contributed by atoms with van der Waals surface area (Å²) < 4.78 is 5.67. The highest BCUT2D eigenvalue weighted by atomic mass is 16.5. The topological polar surface area (TPSA) is 78.9 Å². The normalized spacial score (nSPS) is 18.6. The molecule has 6 nitrogen and oxygen atoms in total. The molecule has 1 aliphatic rings. The van der Waals surface area contributed by atoms with Crippen LogP contribution >= 0.6 is 0 Å². The minimum atomic E-state index is -0.922. The molecule has 0 aromatic heterocycles. The van der Waals surface area contributed by atoms with E-state index >= 15 is 0 Å². The first-order chi connectivity index (χ1) is 9.66. The molecule has 1 heterocycles. The molecule has 0 spiro atoms. The van der Waals surface area contributed by atoms with E-state index < -0.39 is 5.97 Å². The van der Waals surface area contributed by atoms with Crippen molar-refractivity contribution in [1.29, 1.82) is 0 Å². The molecule has 108 valence electrons. The van der Waals surface area contributed by atoms with Crippen molar-refractivity contribution >= 4 is 12.0 Å². The molecular weight excluding hydrogens is 260 g/mol. The second kappa shape index (κ2) is 6.91. The van der Waals surface area contributed by atoms with E-state index in [1.807, 2.05) is 30.3 Å². The number of aliphatic carboxylic acids is 1. The second-order valence-corrected chi connectivity index (χ2v) is 4.59. The fraction of sp³-hybridized carbons (Fsp3) is 0.429. The van der Waals surface area contributed by atoms with Crippen LogP contribution < -0.4 is 5.32 Å². The summed E-state index contributed by atoms with van der Waals surface area (Å²) >= 11 is 0. The van der Waals surface area contributed by atoms with Gasteiger partial charge in [-0.25, -0.2) is 4.79 Å². The number of amides is 2. The molecule has 1 unspecified atom stereocenters. The van der Waals surface area contributed by atoms with Gasteiger partial charge < -0.3 is 20.1 Å². The molecule has 2 rings (SSSR count). The highest BCUT2D eigenvalue weighted by Gasteiger charge is 2.25. The largest absolute Gasteiger partial charge is 0.481 e. The van der Waals surface area contributed by atoms with Crippen molar-refractivity contribution in [3.8, 4) is 0 Å². The zero-order chi connectivity index (χ0) is 14.4. The predicted molar refractivity (Wildman–Crippen MR) is 72.4 cm³/mol. The van der Waals surface area contributed by atoms with E-state index in [9.17, 15) is 9.59 Å². The average molecular weight is 278 g/mol. The van der Waals surface area contributed by atoms with E-state index in [-0.39, 0.29) is 25.1 Å². The Kier molecular flexibility index (Phi) is 4.95. The van der Waals surface area contributed by atoms with E-state index in [1.165, 1.54) is 0 Å². The Morgan fingerprint density at radius 2 is 2.10 bits per heavy atom. The Morgan fingerprint density at radius 3 is 2.80 bits per heavy atom. The Bertz CT molecular complexity index is 464. The molecule has 0 radical (unpaired) electrons. The van der Waals surface area contributed by atoms with Gasteiger partial charge in [0.2, 0.25) is 0 Å². The third-order valence-electron chi connectivity index (χ3n) is 3.14. The molecule has 0 bridgehead atoms. The number of ether oxygens (including phenoxy) is 1. The van der Waals surface area contributed by atoms with Crippen LogP contribution in [0.4, 0.5) is 4.79 Å². The number of carboxylic acids is 1. The van der Waals surface area contributed by atoms with Crippen LogP contribution in [0.2, 0.25) is 0 Å². The fourth-order valence-corrected chi connectivity index (χ4v) is 2.09.